The Kier molecular flexibility index (Phi) is 4.88. The molecule has 0 nitrogen and oxygen atoms in total. The fourth-order valence-electron chi connectivity index (χ4n) is 2.13. The van der Waals surface area contributed by atoms with Crippen LogP contribution in [0.25, 0.3) is 0 Å². The predicted molar refractivity (Wildman–Crippen MR) is 84.8 cm³/mol. The first-order valence-corrected chi connectivity index (χ1v) is 8.13. The molecule has 0 spiro atoms. The highest BCUT2D eigenvalue weighted by molar-refractivity contribution is 9.11. The molecule has 0 aliphatic heterocycles. The number of alkyl halides is 1. The van der Waals surface area contributed by atoms with Crippen LogP contribution in [0.3, 0.4) is 0 Å². The van der Waals surface area contributed by atoms with Gasteiger partial charge >= 0.3 is 0 Å². The zero-order valence-corrected chi connectivity index (χ0v) is 13.6. The van der Waals surface area contributed by atoms with E-state index in [0.29, 0.717) is 5.92 Å². The maximum Gasteiger partial charge on any atom is 0.0747 e. The summed E-state index contributed by atoms with van der Waals surface area (Å²) < 4.78 is 1.19. The first-order chi connectivity index (χ1) is 8.63. The van der Waals surface area contributed by atoms with E-state index in [9.17, 15) is 0 Å². The summed E-state index contributed by atoms with van der Waals surface area (Å²) in [5.74, 6) is 0.373. The van der Waals surface area contributed by atoms with Crippen molar-refractivity contribution in [1.82, 2.24) is 0 Å². The van der Waals surface area contributed by atoms with Crippen LogP contribution in [0.4, 0.5) is 0 Å². The van der Waals surface area contributed by atoms with E-state index in [1.807, 2.05) is 6.07 Å². The summed E-state index contributed by atoms with van der Waals surface area (Å²) in [7, 11) is 0. The molecule has 0 bridgehead atoms. The van der Waals surface area contributed by atoms with Crippen molar-refractivity contribution in [1.29, 1.82) is 0 Å². The molecule has 0 N–H and O–H groups in total. The molecule has 18 heavy (non-hydrogen) atoms. The largest absolute Gasteiger partial charge is 0.131 e. The number of hydrogen-bond donors (Lipinski definition) is 0. The van der Waals surface area contributed by atoms with Gasteiger partial charge in [-0.3, -0.25) is 0 Å². The molecular weight excluding hydrogens is 328 g/mol. The van der Waals surface area contributed by atoms with E-state index in [4.69, 9.17) is 11.6 Å². The molecule has 2 unspecified atom stereocenters. The van der Waals surface area contributed by atoms with Gasteiger partial charge in [-0.2, -0.15) is 0 Å². The third-order valence-corrected chi connectivity index (χ3v) is 6.06. The van der Waals surface area contributed by atoms with E-state index in [2.05, 4.69) is 60.1 Å². The Hall–Kier alpha value is -0.310. The molecule has 1 heterocycles. The van der Waals surface area contributed by atoms with Crippen LogP contribution < -0.4 is 0 Å². The molecule has 1 aromatic carbocycles. The highest BCUT2D eigenvalue weighted by Crippen LogP contribution is 2.43. The van der Waals surface area contributed by atoms with E-state index < -0.39 is 0 Å². The molecule has 0 aliphatic rings. The Bertz CT molecular complexity index is 487. The average molecular weight is 344 g/mol. The van der Waals surface area contributed by atoms with Crippen LogP contribution in [0, 0.1) is 6.92 Å². The third kappa shape index (κ3) is 2.98. The lowest BCUT2D eigenvalue weighted by atomic mass is 9.92. The maximum absolute atomic E-state index is 6.68. The standard InChI is InChI=1S/C15H16BrClS/c1-3-12(11-7-5-4-6-8-11)14(17)13-9-10(2)15(16)18-13/h4-9,12,14H,3H2,1-2H3. The second-order valence-electron chi connectivity index (χ2n) is 4.43. The van der Waals surface area contributed by atoms with Crippen molar-refractivity contribution in [2.45, 2.75) is 31.6 Å². The summed E-state index contributed by atoms with van der Waals surface area (Å²) in [6.45, 7) is 4.31. The van der Waals surface area contributed by atoms with Crippen molar-refractivity contribution < 1.29 is 0 Å². The number of thiophene rings is 1. The van der Waals surface area contributed by atoms with Gasteiger partial charge in [-0.05, 0) is 46.5 Å². The zero-order chi connectivity index (χ0) is 13.1. The quantitative estimate of drug-likeness (QED) is 0.572. The third-order valence-electron chi connectivity index (χ3n) is 3.17. The van der Waals surface area contributed by atoms with Gasteiger partial charge in [-0.1, -0.05) is 37.3 Å². The first kappa shape index (κ1) is 14.1. The minimum absolute atomic E-state index is 0.0485. The summed E-state index contributed by atoms with van der Waals surface area (Å²) in [6.07, 6.45) is 1.05. The van der Waals surface area contributed by atoms with Gasteiger partial charge in [0.15, 0.2) is 0 Å². The fraction of sp³-hybridized carbons (Fsp3) is 0.333. The molecule has 2 atom stereocenters. The predicted octanol–water partition coefficient (Wildman–Crippen LogP) is 6.29. The minimum atomic E-state index is 0.0485. The molecule has 2 rings (SSSR count). The molecule has 0 amide bonds. The van der Waals surface area contributed by atoms with Crippen LogP contribution in [-0.4, -0.2) is 0 Å². The highest BCUT2D eigenvalue weighted by atomic mass is 79.9. The number of aryl methyl sites for hydroxylation is 1. The van der Waals surface area contributed by atoms with Gasteiger partial charge in [-0.25, -0.2) is 0 Å². The Morgan fingerprint density at radius 1 is 1.28 bits per heavy atom. The van der Waals surface area contributed by atoms with Gasteiger partial charge in [0.2, 0.25) is 0 Å². The van der Waals surface area contributed by atoms with E-state index in [-0.39, 0.29) is 5.38 Å². The summed E-state index contributed by atoms with van der Waals surface area (Å²) in [5.41, 5.74) is 2.59. The number of rotatable bonds is 4. The molecular formula is C15H16BrClS. The van der Waals surface area contributed by atoms with Crippen molar-refractivity contribution in [3.63, 3.8) is 0 Å². The van der Waals surface area contributed by atoms with E-state index in [1.165, 1.54) is 19.8 Å². The van der Waals surface area contributed by atoms with Crippen molar-refractivity contribution in [2.24, 2.45) is 0 Å². The Balaban J connectivity index is 2.28. The molecule has 2 aromatic rings. The lowest BCUT2D eigenvalue weighted by Crippen LogP contribution is -2.04. The van der Waals surface area contributed by atoms with Crippen molar-refractivity contribution in [2.75, 3.05) is 0 Å². The van der Waals surface area contributed by atoms with Gasteiger partial charge in [0.05, 0.1) is 9.16 Å². The van der Waals surface area contributed by atoms with E-state index in [1.54, 1.807) is 11.3 Å². The molecule has 3 heteroatoms. The SMILES string of the molecule is CCC(c1ccccc1)C(Cl)c1cc(C)c(Br)s1. The summed E-state index contributed by atoms with van der Waals surface area (Å²) in [6, 6.07) is 12.7. The normalized spacial score (nSPS) is 14.4. The summed E-state index contributed by atoms with van der Waals surface area (Å²) in [4.78, 5) is 1.25. The number of halogens is 2. The van der Waals surface area contributed by atoms with Gasteiger partial charge in [-0.15, -0.1) is 22.9 Å². The van der Waals surface area contributed by atoms with Crippen LogP contribution in [0.1, 0.15) is 40.6 Å². The lowest BCUT2D eigenvalue weighted by molar-refractivity contribution is 0.646. The fourth-order valence-corrected chi connectivity index (χ4v) is 4.26. The van der Waals surface area contributed by atoms with Crippen molar-refractivity contribution >= 4 is 38.9 Å². The zero-order valence-electron chi connectivity index (χ0n) is 10.5. The Morgan fingerprint density at radius 3 is 2.44 bits per heavy atom. The summed E-state index contributed by atoms with van der Waals surface area (Å²) in [5, 5.41) is 0.0485. The van der Waals surface area contributed by atoms with Crippen LogP contribution in [0.5, 0.6) is 0 Å². The molecule has 0 fully saturated rings. The second-order valence-corrected chi connectivity index (χ2v) is 7.30. The van der Waals surface area contributed by atoms with Crippen molar-refractivity contribution in [3.8, 4) is 0 Å². The molecule has 0 saturated carbocycles. The van der Waals surface area contributed by atoms with Crippen LogP contribution in [0.15, 0.2) is 40.2 Å². The minimum Gasteiger partial charge on any atom is -0.131 e. The topological polar surface area (TPSA) is 0 Å². The van der Waals surface area contributed by atoms with Gasteiger partial charge < -0.3 is 0 Å². The summed E-state index contributed by atoms with van der Waals surface area (Å²) >= 11 is 12.0. The first-order valence-electron chi connectivity index (χ1n) is 6.08. The van der Waals surface area contributed by atoms with Gasteiger partial charge in [0.1, 0.15) is 0 Å². The molecule has 1 aromatic heterocycles. The number of benzene rings is 1. The molecule has 0 radical (unpaired) electrons. The molecule has 0 aliphatic carbocycles. The van der Waals surface area contributed by atoms with Gasteiger partial charge in [0.25, 0.3) is 0 Å². The Morgan fingerprint density at radius 2 is 1.94 bits per heavy atom. The average Bonchev–Trinajstić information content (AvgIpc) is 2.72. The van der Waals surface area contributed by atoms with Gasteiger partial charge in [0, 0.05) is 10.8 Å². The maximum atomic E-state index is 6.68. The monoisotopic (exact) mass is 342 g/mol. The van der Waals surface area contributed by atoms with Crippen molar-refractivity contribution in [3.05, 3.63) is 56.2 Å². The Labute approximate surface area is 126 Å². The van der Waals surface area contributed by atoms with E-state index in [0.717, 1.165) is 6.42 Å². The molecule has 96 valence electrons. The molecule has 0 saturated heterocycles. The lowest BCUT2D eigenvalue weighted by Gasteiger charge is -2.20. The van der Waals surface area contributed by atoms with Crippen LogP contribution in [-0.2, 0) is 0 Å². The number of hydrogen-bond acceptors (Lipinski definition) is 1. The van der Waals surface area contributed by atoms with Crippen LogP contribution >= 0.6 is 38.9 Å². The smallest absolute Gasteiger partial charge is 0.0747 e. The van der Waals surface area contributed by atoms with E-state index >= 15 is 0 Å². The second kappa shape index (κ2) is 6.23. The highest BCUT2D eigenvalue weighted by Gasteiger charge is 2.23. The van der Waals surface area contributed by atoms with Crippen LogP contribution in [0.2, 0.25) is 0 Å².